The van der Waals surface area contributed by atoms with Crippen LogP contribution < -0.4 is 15.1 Å². The molecule has 27 heavy (non-hydrogen) atoms. The third-order valence-electron chi connectivity index (χ3n) is 5.14. The van der Waals surface area contributed by atoms with E-state index in [4.69, 9.17) is 4.98 Å². The zero-order valence-corrected chi connectivity index (χ0v) is 16.7. The number of aromatic nitrogens is 3. The Morgan fingerprint density at radius 3 is 2.44 bits per heavy atom. The molecule has 0 spiro atoms. The number of nitrogens with one attached hydrogen (secondary N) is 1. The van der Waals surface area contributed by atoms with E-state index in [1.165, 1.54) is 12.8 Å². The maximum Gasteiger partial charge on any atom is 0.150 e. The minimum Gasteiger partial charge on any atom is -0.394 e. The summed E-state index contributed by atoms with van der Waals surface area (Å²) in [7, 11) is 1.95. The van der Waals surface area contributed by atoms with Crippen LogP contribution in [0.25, 0.3) is 0 Å². The molecule has 0 amide bonds. The summed E-state index contributed by atoms with van der Waals surface area (Å²) >= 11 is 0. The van der Waals surface area contributed by atoms with Crippen LogP contribution in [-0.2, 0) is 0 Å². The second-order valence-electron chi connectivity index (χ2n) is 7.11. The SMILES string of the molecule is CCN(CC)c1cc(Nc2cnc(C3CC3)cn2)nc(N(C)C(C)CO)c1. The van der Waals surface area contributed by atoms with Crippen molar-refractivity contribution in [3.8, 4) is 0 Å². The third-order valence-corrected chi connectivity index (χ3v) is 5.14. The Kier molecular flexibility index (Phi) is 6.11. The van der Waals surface area contributed by atoms with Gasteiger partial charge in [0.05, 0.1) is 30.7 Å². The van der Waals surface area contributed by atoms with Gasteiger partial charge in [0.2, 0.25) is 0 Å². The molecule has 0 radical (unpaired) electrons. The van der Waals surface area contributed by atoms with E-state index in [1.807, 2.05) is 31.1 Å². The van der Waals surface area contributed by atoms with Gasteiger partial charge in [-0.15, -0.1) is 0 Å². The van der Waals surface area contributed by atoms with E-state index in [9.17, 15) is 5.11 Å². The molecule has 2 heterocycles. The molecule has 146 valence electrons. The van der Waals surface area contributed by atoms with Crippen molar-refractivity contribution in [2.75, 3.05) is 41.9 Å². The van der Waals surface area contributed by atoms with Gasteiger partial charge in [-0.1, -0.05) is 0 Å². The Labute approximate surface area is 161 Å². The topological polar surface area (TPSA) is 77.4 Å². The quantitative estimate of drug-likeness (QED) is 0.702. The lowest BCUT2D eigenvalue weighted by molar-refractivity contribution is 0.270. The summed E-state index contributed by atoms with van der Waals surface area (Å²) in [6.45, 7) is 8.15. The first-order valence-electron chi connectivity index (χ1n) is 9.75. The zero-order chi connectivity index (χ0) is 19.4. The zero-order valence-electron chi connectivity index (χ0n) is 16.7. The molecule has 0 saturated heterocycles. The van der Waals surface area contributed by atoms with Crippen molar-refractivity contribution >= 4 is 23.1 Å². The van der Waals surface area contributed by atoms with Gasteiger partial charge in [0.1, 0.15) is 17.5 Å². The van der Waals surface area contributed by atoms with Crippen molar-refractivity contribution in [1.82, 2.24) is 15.0 Å². The summed E-state index contributed by atoms with van der Waals surface area (Å²) in [6, 6.07) is 4.08. The summed E-state index contributed by atoms with van der Waals surface area (Å²) < 4.78 is 0. The van der Waals surface area contributed by atoms with Gasteiger partial charge in [0.15, 0.2) is 0 Å². The number of aliphatic hydroxyl groups excluding tert-OH is 1. The minimum absolute atomic E-state index is 0.0186. The van der Waals surface area contributed by atoms with Gasteiger partial charge in [-0.25, -0.2) is 9.97 Å². The second kappa shape index (κ2) is 8.52. The number of rotatable bonds is 9. The van der Waals surface area contributed by atoms with Crippen LogP contribution in [0.5, 0.6) is 0 Å². The van der Waals surface area contributed by atoms with E-state index in [0.717, 1.165) is 36.1 Å². The van der Waals surface area contributed by atoms with Gasteiger partial charge in [-0.3, -0.25) is 4.98 Å². The van der Waals surface area contributed by atoms with Gasteiger partial charge < -0.3 is 20.2 Å². The van der Waals surface area contributed by atoms with Crippen molar-refractivity contribution < 1.29 is 5.11 Å². The van der Waals surface area contributed by atoms with Crippen molar-refractivity contribution in [3.05, 3.63) is 30.2 Å². The Hall–Kier alpha value is -2.41. The van der Waals surface area contributed by atoms with Crippen LogP contribution in [-0.4, -0.2) is 52.8 Å². The Morgan fingerprint density at radius 1 is 1.15 bits per heavy atom. The first-order chi connectivity index (χ1) is 13.0. The standard InChI is InChI=1S/C20H30N6O/c1-5-26(6-2)16-9-18(24-20(10-16)25(4)14(3)13-27)23-19-12-21-17(11-22-19)15-7-8-15/h9-12,14-15,27H,5-8,13H2,1-4H3,(H,22,23,24). The fraction of sp³-hybridized carbons (Fsp3) is 0.550. The molecule has 0 aliphatic heterocycles. The molecule has 1 aliphatic carbocycles. The summed E-state index contributed by atoms with van der Waals surface area (Å²) in [4.78, 5) is 18.0. The first-order valence-corrected chi connectivity index (χ1v) is 9.75. The summed E-state index contributed by atoms with van der Waals surface area (Å²) in [5, 5.41) is 12.8. The van der Waals surface area contributed by atoms with Crippen LogP contribution in [0.2, 0.25) is 0 Å². The van der Waals surface area contributed by atoms with E-state index in [1.54, 1.807) is 6.20 Å². The lowest BCUT2D eigenvalue weighted by Crippen LogP contribution is -2.33. The van der Waals surface area contributed by atoms with E-state index in [-0.39, 0.29) is 12.6 Å². The first kappa shape index (κ1) is 19.4. The Morgan fingerprint density at radius 2 is 1.89 bits per heavy atom. The largest absolute Gasteiger partial charge is 0.394 e. The molecule has 1 atom stereocenters. The summed E-state index contributed by atoms with van der Waals surface area (Å²) in [5.74, 6) is 2.81. The van der Waals surface area contributed by atoms with Gasteiger partial charge >= 0.3 is 0 Å². The number of nitrogens with zero attached hydrogens (tertiary/aromatic N) is 5. The van der Waals surface area contributed by atoms with Crippen LogP contribution >= 0.6 is 0 Å². The Balaban J connectivity index is 1.88. The van der Waals surface area contributed by atoms with Gasteiger partial charge in [0, 0.05) is 43.9 Å². The molecule has 0 aromatic carbocycles. The molecule has 1 saturated carbocycles. The van der Waals surface area contributed by atoms with Crippen LogP contribution in [0.3, 0.4) is 0 Å². The van der Waals surface area contributed by atoms with Gasteiger partial charge in [-0.2, -0.15) is 0 Å². The highest BCUT2D eigenvalue weighted by molar-refractivity contribution is 5.65. The van der Waals surface area contributed by atoms with Crippen LogP contribution in [0.1, 0.15) is 45.2 Å². The number of hydrogen-bond acceptors (Lipinski definition) is 7. The predicted molar refractivity (Wildman–Crippen MR) is 110 cm³/mol. The van der Waals surface area contributed by atoms with Gasteiger partial charge in [0.25, 0.3) is 0 Å². The number of hydrogen-bond donors (Lipinski definition) is 2. The summed E-state index contributed by atoms with van der Waals surface area (Å²) in [6.07, 6.45) is 6.07. The highest BCUT2D eigenvalue weighted by Crippen LogP contribution is 2.38. The van der Waals surface area contributed by atoms with Crippen LogP contribution in [0, 0.1) is 0 Å². The molecule has 3 rings (SSSR count). The second-order valence-corrected chi connectivity index (χ2v) is 7.11. The van der Waals surface area contributed by atoms with E-state index in [0.29, 0.717) is 11.7 Å². The van der Waals surface area contributed by atoms with Crippen molar-refractivity contribution in [2.24, 2.45) is 0 Å². The molecule has 1 fully saturated rings. The van der Waals surface area contributed by atoms with E-state index in [2.05, 4.69) is 40.1 Å². The highest BCUT2D eigenvalue weighted by atomic mass is 16.3. The highest BCUT2D eigenvalue weighted by Gasteiger charge is 2.25. The lowest BCUT2D eigenvalue weighted by atomic mass is 10.2. The average molecular weight is 371 g/mol. The van der Waals surface area contributed by atoms with Crippen LogP contribution in [0.4, 0.5) is 23.1 Å². The van der Waals surface area contributed by atoms with E-state index >= 15 is 0 Å². The number of likely N-dealkylation sites (N-methyl/N-ethyl adjacent to an activating group) is 1. The minimum atomic E-state index is -0.0186. The summed E-state index contributed by atoms with van der Waals surface area (Å²) in [5.41, 5.74) is 2.16. The number of pyridine rings is 1. The van der Waals surface area contributed by atoms with Crippen LogP contribution in [0.15, 0.2) is 24.5 Å². The van der Waals surface area contributed by atoms with Crippen molar-refractivity contribution in [1.29, 1.82) is 0 Å². The average Bonchev–Trinajstić information content (AvgIpc) is 3.53. The third kappa shape index (κ3) is 4.66. The molecule has 7 heteroatoms. The molecular weight excluding hydrogens is 340 g/mol. The van der Waals surface area contributed by atoms with Gasteiger partial charge in [-0.05, 0) is 33.6 Å². The molecule has 1 unspecified atom stereocenters. The lowest BCUT2D eigenvalue weighted by Gasteiger charge is -2.28. The van der Waals surface area contributed by atoms with E-state index < -0.39 is 0 Å². The monoisotopic (exact) mass is 370 g/mol. The van der Waals surface area contributed by atoms with Crippen molar-refractivity contribution in [3.63, 3.8) is 0 Å². The molecule has 0 bridgehead atoms. The Bertz CT molecular complexity index is 743. The maximum absolute atomic E-state index is 9.50. The molecule has 7 nitrogen and oxygen atoms in total. The maximum atomic E-state index is 9.50. The molecular formula is C20H30N6O. The number of anilines is 4. The van der Waals surface area contributed by atoms with Crippen molar-refractivity contribution in [2.45, 2.75) is 45.6 Å². The predicted octanol–water partition coefficient (Wildman–Crippen LogP) is 3.16. The molecule has 2 aromatic heterocycles. The fourth-order valence-corrected chi connectivity index (χ4v) is 2.99. The normalized spacial score (nSPS) is 14.7. The molecule has 1 aliphatic rings. The smallest absolute Gasteiger partial charge is 0.150 e. The fourth-order valence-electron chi connectivity index (χ4n) is 2.99. The number of aliphatic hydroxyl groups is 1. The molecule has 2 aromatic rings. The molecule has 2 N–H and O–H groups in total.